The van der Waals surface area contributed by atoms with Crippen molar-refractivity contribution in [3.63, 3.8) is 0 Å². The lowest BCUT2D eigenvalue weighted by atomic mass is 10.1. The molecule has 2 aromatic rings. The summed E-state index contributed by atoms with van der Waals surface area (Å²) in [5.41, 5.74) is 0.745. The molecule has 0 saturated heterocycles. The summed E-state index contributed by atoms with van der Waals surface area (Å²) >= 11 is 0. The summed E-state index contributed by atoms with van der Waals surface area (Å²) in [7, 11) is 1.88. The monoisotopic (exact) mass is 492 g/mol. The van der Waals surface area contributed by atoms with Crippen LogP contribution in [0.3, 0.4) is 0 Å². The van der Waals surface area contributed by atoms with Crippen LogP contribution in [0, 0.1) is 0 Å². The second-order valence-corrected chi connectivity index (χ2v) is 8.50. The molecule has 0 saturated carbocycles. The number of carboxylic acid groups (broad SMARTS) is 1. The van der Waals surface area contributed by atoms with E-state index in [9.17, 15) is 18.0 Å². The number of hydrogen-bond acceptors (Lipinski definition) is 9. The normalized spacial score (nSPS) is 11.4. The van der Waals surface area contributed by atoms with Gasteiger partial charge >= 0.3 is 5.97 Å². The van der Waals surface area contributed by atoms with Crippen LogP contribution in [0.15, 0.2) is 42.0 Å². The second-order valence-electron chi connectivity index (χ2n) is 6.62. The van der Waals surface area contributed by atoms with E-state index in [1.54, 1.807) is 12.1 Å². The number of nitrogens with one attached hydrogen (secondary N) is 1. The minimum atomic E-state index is -3.79. The summed E-state index contributed by atoms with van der Waals surface area (Å²) < 4.78 is 46.4. The second kappa shape index (κ2) is 11.7. The van der Waals surface area contributed by atoms with Gasteiger partial charge in [0.25, 0.3) is 0 Å². The highest BCUT2D eigenvalue weighted by molar-refractivity contribution is 7.93. The average Bonchev–Trinajstić information content (AvgIpc) is 2.80. The number of anilines is 1. The van der Waals surface area contributed by atoms with Crippen LogP contribution >= 0.6 is 0 Å². The molecule has 0 radical (unpaired) electrons. The van der Waals surface area contributed by atoms with Gasteiger partial charge in [-0.3, -0.25) is 4.79 Å². The first-order valence-electron chi connectivity index (χ1n) is 9.58. The first-order valence-corrected chi connectivity index (χ1v) is 11.3. The zero-order chi connectivity index (χ0) is 25.3. The number of aromatic nitrogens is 1. The maximum absolute atomic E-state index is 12.7. The zero-order valence-corrected chi connectivity index (χ0v) is 19.7. The number of nitrogens with zero attached hydrogens (tertiary/aromatic N) is 1. The number of pyridine rings is 1. The predicted octanol–water partition coefficient (Wildman–Crippen LogP) is 2.28. The van der Waals surface area contributed by atoms with Gasteiger partial charge in [-0.05, 0) is 17.7 Å². The van der Waals surface area contributed by atoms with Crippen molar-refractivity contribution in [3.8, 4) is 23.1 Å². The van der Waals surface area contributed by atoms with Gasteiger partial charge in [0.05, 0.1) is 39.8 Å². The van der Waals surface area contributed by atoms with Crippen molar-refractivity contribution in [1.82, 2.24) is 4.98 Å². The number of carbonyl (C=O) groups is 2. The Hall–Kier alpha value is -4.06. The number of aliphatic carboxylic acids is 1. The lowest BCUT2D eigenvalue weighted by molar-refractivity contribution is -0.131. The van der Waals surface area contributed by atoms with Gasteiger partial charge < -0.3 is 29.4 Å². The number of carbonyl (C=O) groups excluding carboxylic acids is 1. The third kappa shape index (κ3) is 7.24. The van der Waals surface area contributed by atoms with Crippen molar-refractivity contribution in [1.29, 1.82) is 0 Å². The molecule has 1 heterocycles. The molecule has 12 heteroatoms. The number of rotatable bonds is 11. The van der Waals surface area contributed by atoms with E-state index in [2.05, 4.69) is 10.3 Å². The number of benzene rings is 1. The quantitative estimate of drug-likeness (QED) is 0.447. The van der Waals surface area contributed by atoms with Gasteiger partial charge in [0, 0.05) is 35.9 Å². The fourth-order valence-electron chi connectivity index (χ4n) is 2.80. The van der Waals surface area contributed by atoms with E-state index in [1.165, 1.54) is 46.8 Å². The standard InChI is InChI=1S/C22H24N2O9S/c1-30-15-10-18(31-2)16(19(11-15)32-3)7-8-34(28,29)13-14-9-17(22(33-4)23-12-14)24-20(25)5-6-21(26)27/h5-12H,13H2,1-4H3,(H,24,25)(H,26,27)/b6-5-,8-7-. The van der Waals surface area contributed by atoms with Crippen LogP contribution < -0.4 is 24.3 Å². The number of ether oxygens (including phenoxy) is 4. The third-order valence-corrected chi connectivity index (χ3v) is 5.59. The Morgan fingerprint density at radius 1 is 1.00 bits per heavy atom. The highest BCUT2D eigenvalue weighted by Gasteiger charge is 2.16. The van der Waals surface area contributed by atoms with Gasteiger partial charge in [0.2, 0.25) is 11.8 Å². The first-order chi connectivity index (χ1) is 16.1. The minimum absolute atomic E-state index is 0.0291. The topological polar surface area (TPSA) is 150 Å². The summed E-state index contributed by atoms with van der Waals surface area (Å²) in [5, 5.41) is 12.0. The van der Waals surface area contributed by atoms with Crippen LogP contribution in [0.1, 0.15) is 11.1 Å². The third-order valence-electron chi connectivity index (χ3n) is 4.30. The molecular formula is C22H24N2O9S. The Balaban J connectivity index is 2.31. The Morgan fingerprint density at radius 2 is 1.65 bits per heavy atom. The first kappa shape index (κ1) is 26.2. The molecule has 1 aromatic carbocycles. The molecule has 0 unspecified atom stereocenters. The number of sulfone groups is 1. The number of hydrogen-bond donors (Lipinski definition) is 2. The molecule has 0 bridgehead atoms. The number of amides is 1. The fourth-order valence-corrected chi connectivity index (χ4v) is 3.86. The molecule has 34 heavy (non-hydrogen) atoms. The van der Waals surface area contributed by atoms with Crippen molar-refractivity contribution < 1.29 is 42.1 Å². The summed E-state index contributed by atoms with van der Waals surface area (Å²) in [5.74, 6) is -1.26. The Morgan fingerprint density at radius 3 is 2.18 bits per heavy atom. The molecule has 1 aromatic heterocycles. The number of carboxylic acids is 1. The lowest BCUT2D eigenvalue weighted by Crippen LogP contribution is -2.11. The Bertz CT molecular complexity index is 1200. The van der Waals surface area contributed by atoms with E-state index >= 15 is 0 Å². The molecule has 0 spiro atoms. The maximum atomic E-state index is 12.7. The van der Waals surface area contributed by atoms with Gasteiger partial charge in [-0.1, -0.05) is 0 Å². The summed E-state index contributed by atoms with van der Waals surface area (Å²) in [4.78, 5) is 26.5. The van der Waals surface area contributed by atoms with Crippen LogP contribution in [0.5, 0.6) is 23.1 Å². The predicted molar refractivity (Wildman–Crippen MR) is 124 cm³/mol. The molecule has 0 fully saturated rings. The van der Waals surface area contributed by atoms with E-state index in [0.29, 0.717) is 28.9 Å². The highest BCUT2D eigenvalue weighted by atomic mass is 32.2. The molecule has 0 aliphatic heterocycles. The van der Waals surface area contributed by atoms with E-state index in [1.807, 2.05) is 0 Å². The zero-order valence-electron chi connectivity index (χ0n) is 18.9. The van der Waals surface area contributed by atoms with Gasteiger partial charge in [-0.25, -0.2) is 18.2 Å². The van der Waals surface area contributed by atoms with Gasteiger partial charge in [-0.2, -0.15) is 0 Å². The molecule has 2 N–H and O–H groups in total. The van der Waals surface area contributed by atoms with E-state index in [4.69, 9.17) is 24.1 Å². The largest absolute Gasteiger partial charge is 0.496 e. The number of methoxy groups -OCH3 is 4. The van der Waals surface area contributed by atoms with Crippen LogP contribution in [0.2, 0.25) is 0 Å². The van der Waals surface area contributed by atoms with Crippen LogP contribution in [0.25, 0.3) is 6.08 Å². The molecule has 2 rings (SSSR count). The van der Waals surface area contributed by atoms with Crippen LogP contribution in [-0.4, -0.2) is 58.8 Å². The summed E-state index contributed by atoms with van der Waals surface area (Å²) in [6.07, 6.45) is 4.11. The van der Waals surface area contributed by atoms with Crippen molar-refractivity contribution in [2.24, 2.45) is 0 Å². The van der Waals surface area contributed by atoms with Crippen molar-refractivity contribution in [3.05, 3.63) is 53.1 Å². The Labute approximate surface area is 196 Å². The highest BCUT2D eigenvalue weighted by Crippen LogP contribution is 2.35. The smallest absolute Gasteiger partial charge is 0.328 e. The van der Waals surface area contributed by atoms with Gasteiger partial charge in [0.15, 0.2) is 9.84 Å². The molecule has 182 valence electrons. The molecule has 0 aliphatic carbocycles. The Kier molecular flexibility index (Phi) is 9.01. The van der Waals surface area contributed by atoms with Crippen LogP contribution in [0.4, 0.5) is 5.69 Å². The molecule has 0 atom stereocenters. The fraction of sp³-hybridized carbons (Fsp3) is 0.227. The minimum Gasteiger partial charge on any atom is -0.496 e. The van der Waals surface area contributed by atoms with Gasteiger partial charge in [-0.15, -0.1) is 0 Å². The van der Waals surface area contributed by atoms with Crippen molar-refractivity contribution in [2.45, 2.75) is 5.75 Å². The van der Waals surface area contributed by atoms with Crippen molar-refractivity contribution >= 4 is 33.5 Å². The van der Waals surface area contributed by atoms with Crippen LogP contribution in [-0.2, 0) is 25.2 Å². The summed E-state index contributed by atoms with van der Waals surface area (Å²) in [6, 6.07) is 4.56. The average molecular weight is 493 g/mol. The maximum Gasteiger partial charge on any atom is 0.328 e. The lowest BCUT2D eigenvalue weighted by Gasteiger charge is -2.12. The van der Waals surface area contributed by atoms with E-state index < -0.39 is 27.5 Å². The SMILES string of the molecule is COc1cc(OC)c(/C=C\S(=O)(=O)Cc2cnc(OC)c(NC(=O)/C=C\C(=O)O)c2)c(OC)c1. The van der Waals surface area contributed by atoms with E-state index in [0.717, 1.165) is 11.5 Å². The van der Waals surface area contributed by atoms with Crippen molar-refractivity contribution in [2.75, 3.05) is 33.8 Å². The molecular weight excluding hydrogens is 468 g/mol. The van der Waals surface area contributed by atoms with Gasteiger partial charge in [0.1, 0.15) is 22.9 Å². The molecule has 1 amide bonds. The summed E-state index contributed by atoms with van der Waals surface area (Å²) in [6.45, 7) is 0. The molecule has 0 aliphatic rings. The van der Waals surface area contributed by atoms with E-state index in [-0.39, 0.29) is 17.1 Å². The molecule has 11 nitrogen and oxygen atoms in total.